The van der Waals surface area contributed by atoms with Crippen molar-refractivity contribution >= 4 is 89.3 Å². The molecular formula is C70H82BN3S. The largest absolute Gasteiger partial charge is 0.334 e. The van der Waals surface area contributed by atoms with Crippen molar-refractivity contribution in [1.29, 1.82) is 0 Å². The summed E-state index contributed by atoms with van der Waals surface area (Å²) in [6.07, 6.45) is 9.59. The number of benzene rings is 6. The van der Waals surface area contributed by atoms with Gasteiger partial charge in [-0.25, -0.2) is 0 Å². The molecule has 0 N–H and O–H groups in total. The van der Waals surface area contributed by atoms with Crippen LogP contribution in [-0.2, 0) is 37.9 Å². The summed E-state index contributed by atoms with van der Waals surface area (Å²) in [4.78, 5) is 8.37. The smallest absolute Gasteiger partial charge is 0.264 e. The number of fused-ring (bicyclic) bond motifs is 11. The number of thiophene rings is 1. The van der Waals surface area contributed by atoms with Crippen LogP contribution in [0.25, 0.3) is 10.1 Å². The predicted molar refractivity (Wildman–Crippen MR) is 327 cm³/mol. The number of hydrogen-bond acceptors (Lipinski definition) is 4. The third kappa shape index (κ3) is 6.96. The van der Waals surface area contributed by atoms with Gasteiger partial charge in [0, 0.05) is 60.1 Å². The molecule has 6 aromatic carbocycles. The molecule has 0 bridgehead atoms. The third-order valence-electron chi connectivity index (χ3n) is 20.8. The molecule has 0 saturated heterocycles. The highest BCUT2D eigenvalue weighted by Gasteiger charge is 2.58. The maximum Gasteiger partial charge on any atom is 0.264 e. The lowest BCUT2D eigenvalue weighted by Crippen LogP contribution is -2.61. The van der Waals surface area contributed by atoms with Gasteiger partial charge in [0.2, 0.25) is 0 Å². The van der Waals surface area contributed by atoms with Gasteiger partial charge in [0.25, 0.3) is 6.71 Å². The molecule has 75 heavy (non-hydrogen) atoms. The second kappa shape index (κ2) is 15.7. The number of anilines is 8. The molecule has 2 atom stereocenters. The van der Waals surface area contributed by atoms with Gasteiger partial charge in [-0.1, -0.05) is 165 Å². The molecule has 4 heterocycles. The van der Waals surface area contributed by atoms with Crippen molar-refractivity contribution in [1.82, 2.24) is 0 Å². The fourth-order valence-corrected chi connectivity index (χ4v) is 16.9. The molecule has 3 nitrogen and oxygen atoms in total. The average Bonchev–Trinajstić information content (AvgIpc) is 3.91. The summed E-state index contributed by atoms with van der Waals surface area (Å²) in [6, 6.07) is 45.1. The van der Waals surface area contributed by atoms with Gasteiger partial charge in [0.05, 0.1) is 11.2 Å². The van der Waals surface area contributed by atoms with Crippen molar-refractivity contribution in [2.75, 3.05) is 14.7 Å². The van der Waals surface area contributed by atoms with E-state index in [1.807, 2.05) is 11.3 Å². The molecule has 2 unspecified atom stereocenters. The minimum absolute atomic E-state index is 0.00831. The Morgan fingerprint density at radius 3 is 1.60 bits per heavy atom. The van der Waals surface area contributed by atoms with Crippen LogP contribution in [0.4, 0.5) is 45.5 Å². The van der Waals surface area contributed by atoms with E-state index in [0.717, 1.165) is 6.42 Å². The van der Waals surface area contributed by atoms with Crippen LogP contribution in [-0.4, -0.2) is 12.3 Å². The van der Waals surface area contributed by atoms with Crippen molar-refractivity contribution in [3.8, 4) is 0 Å². The van der Waals surface area contributed by atoms with Gasteiger partial charge in [-0.2, -0.15) is 0 Å². The van der Waals surface area contributed by atoms with Gasteiger partial charge < -0.3 is 14.7 Å². The molecule has 13 rings (SSSR count). The predicted octanol–water partition coefficient (Wildman–Crippen LogP) is 18.0. The number of para-hydroxylation sites is 1. The van der Waals surface area contributed by atoms with Crippen LogP contribution in [0.3, 0.4) is 0 Å². The Labute approximate surface area is 455 Å². The lowest BCUT2D eigenvalue weighted by atomic mass is 9.36. The monoisotopic (exact) mass is 1010 g/mol. The van der Waals surface area contributed by atoms with Gasteiger partial charge in [0.1, 0.15) is 0 Å². The minimum atomic E-state index is -0.113. The standard InChI is InChI=1S/C70H82BN3S/c1-63(2,3)43-24-30-59-48(37-43)61-62(75-59)71-54-38-44(64(4,5)6)23-29-56(54)72(45-25-27-49-52(39-45)67(11,12)35-33-65(49,7)8)57-41-47(74-55-22-18-17-21-51(55)69(15)31-19-20-32-70(69,74)16)42-58(60(57)71)73(61)46-26-28-50-53(40-46)68(13,14)36-34-66(50,9)10/h17-18,21-30,37-42H,19-20,31-36H2,1-16H3. The first-order valence-electron chi connectivity index (χ1n) is 28.8. The van der Waals surface area contributed by atoms with Gasteiger partial charge in [-0.3, -0.25) is 0 Å². The summed E-state index contributed by atoms with van der Waals surface area (Å²) in [6.45, 7) is 39.4. The van der Waals surface area contributed by atoms with Crippen LogP contribution in [0, 0.1) is 0 Å². The molecule has 0 radical (unpaired) electrons. The van der Waals surface area contributed by atoms with E-state index >= 15 is 0 Å². The maximum atomic E-state index is 2.85. The molecule has 5 heteroatoms. The van der Waals surface area contributed by atoms with E-state index in [1.54, 1.807) is 0 Å². The summed E-state index contributed by atoms with van der Waals surface area (Å²) in [7, 11) is 0. The van der Waals surface area contributed by atoms with Gasteiger partial charge in [-0.05, 0) is 188 Å². The van der Waals surface area contributed by atoms with E-state index in [-0.39, 0.29) is 50.2 Å². The van der Waals surface area contributed by atoms with Gasteiger partial charge in [-0.15, -0.1) is 11.3 Å². The zero-order chi connectivity index (χ0) is 52.9. The zero-order valence-corrected chi connectivity index (χ0v) is 49.2. The topological polar surface area (TPSA) is 9.72 Å². The van der Waals surface area contributed by atoms with Crippen LogP contribution >= 0.6 is 11.3 Å². The van der Waals surface area contributed by atoms with Crippen molar-refractivity contribution in [3.05, 3.63) is 148 Å². The molecule has 0 amide bonds. The molecule has 0 spiro atoms. The molecule has 3 aliphatic heterocycles. The van der Waals surface area contributed by atoms with Crippen LogP contribution in [0.15, 0.2) is 109 Å². The second-order valence-electron chi connectivity index (χ2n) is 29.5. The molecule has 1 aromatic heterocycles. The highest BCUT2D eigenvalue weighted by molar-refractivity contribution is 7.33. The molecular weight excluding hydrogens is 926 g/mol. The molecule has 386 valence electrons. The average molecular weight is 1010 g/mol. The van der Waals surface area contributed by atoms with Crippen molar-refractivity contribution in [2.24, 2.45) is 0 Å². The molecule has 1 saturated carbocycles. The first-order chi connectivity index (χ1) is 35.1. The maximum absolute atomic E-state index is 2.85. The lowest BCUT2D eigenvalue weighted by Gasteiger charge is -2.51. The highest BCUT2D eigenvalue weighted by atomic mass is 32.1. The SMILES string of the molecule is CC(C)(C)c1ccc2c(c1)B1c3sc4ccc(C(C)(C)C)cc4c3N(c3ccc4c(c3)C(C)(C)CCC4(C)C)c3cc(N4c5ccccc5C5(C)CCCCC45C)cc(c31)N2c1ccc2c(c1)C(C)(C)CCC2(C)C. The Bertz CT molecular complexity index is 3550. The first-order valence-corrected chi connectivity index (χ1v) is 29.7. The molecule has 7 aromatic rings. The Morgan fingerprint density at radius 2 is 0.987 bits per heavy atom. The number of nitrogens with zero attached hydrogens (tertiary/aromatic N) is 3. The third-order valence-corrected chi connectivity index (χ3v) is 22.1. The zero-order valence-electron chi connectivity index (χ0n) is 48.4. The van der Waals surface area contributed by atoms with Crippen molar-refractivity contribution in [3.63, 3.8) is 0 Å². The van der Waals surface area contributed by atoms with E-state index in [1.165, 1.54) is 155 Å². The van der Waals surface area contributed by atoms with Gasteiger partial charge in [0.15, 0.2) is 0 Å². The highest BCUT2D eigenvalue weighted by Crippen LogP contribution is 2.62. The normalized spacial score (nSPS) is 23.5. The Balaban J connectivity index is 1.19. The summed E-state index contributed by atoms with van der Waals surface area (Å²) < 4.78 is 2.81. The van der Waals surface area contributed by atoms with Crippen LogP contribution in [0.1, 0.15) is 201 Å². The fourth-order valence-electron chi connectivity index (χ4n) is 15.6. The van der Waals surface area contributed by atoms with Crippen molar-refractivity contribution in [2.45, 2.75) is 206 Å². The van der Waals surface area contributed by atoms with E-state index in [4.69, 9.17) is 0 Å². The molecule has 1 fully saturated rings. The van der Waals surface area contributed by atoms with E-state index in [0.29, 0.717) is 0 Å². The number of rotatable bonds is 3. The Hall–Kier alpha value is -5.26. The summed E-state index contributed by atoms with van der Waals surface area (Å²) in [5, 5.41) is 1.37. The minimum Gasteiger partial charge on any atom is -0.334 e. The lowest BCUT2D eigenvalue weighted by molar-refractivity contribution is 0.195. The van der Waals surface area contributed by atoms with E-state index < -0.39 is 0 Å². The Morgan fingerprint density at radius 1 is 0.453 bits per heavy atom. The number of hydrogen-bond donors (Lipinski definition) is 0. The summed E-state index contributed by atoms with van der Waals surface area (Å²) in [5.74, 6) is 0. The van der Waals surface area contributed by atoms with E-state index in [2.05, 4.69) is 235 Å². The van der Waals surface area contributed by atoms with Crippen LogP contribution in [0.2, 0.25) is 0 Å². The Kier molecular flexibility index (Phi) is 10.3. The van der Waals surface area contributed by atoms with E-state index in [9.17, 15) is 0 Å². The van der Waals surface area contributed by atoms with Crippen LogP contribution < -0.4 is 30.4 Å². The summed E-state index contributed by atoms with van der Waals surface area (Å²) >= 11 is 2.04. The molecule has 3 aliphatic carbocycles. The fraction of sp³-hybridized carbons (Fsp3) is 0.457. The van der Waals surface area contributed by atoms with Crippen LogP contribution in [0.5, 0.6) is 0 Å². The second-order valence-corrected chi connectivity index (χ2v) is 30.5. The quantitative estimate of drug-likeness (QED) is 0.163. The molecule has 6 aliphatic rings. The first kappa shape index (κ1) is 49.3. The van der Waals surface area contributed by atoms with Crippen molar-refractivity contribution < 1.29 is 0 Å². The summed E-state index contributed by atoms with van der Waals surface area (Å²) in [5.41, 5.74) is 23.8. The van der Waals surface area contributed by atoms with Gasteiger partial charge >= 0.3 is 0 Å².